The maximum absolute atomic E-state index is 17.5. The van der Waals surface area contributed by atoms with Crippen LogP contribution in [-0.4, -0.2) is 59.2 Å². The van der Waals surface area contributed by atoms with Crippen LogP contribution in [0.5, 0.6) is 0 Å². The average Bonchev–Trinajstić information content (AvgIpc) is 3.39. The molecule has 1 heterocycles. The molecule has 4 aliphatic carbocycles. The van der Waals surface area contributed by atoms with E-state index < -0.39 is 58.6 Å². The third-order valence-corrected chi connectivity index (χ3v) is 10.7. The van der Waals surface area contributed by atoms with Gasteiger partial charge < -0.3 is 25.6 Å². The van der Waals surface area contributed by atoms with E-state index >= 15 is 8.78 Å². The molecule has 1 aromatic rings. The molecule has 40 heavy (non-hydrogen) atoms. The second-order valence-corrected chi connectivity index (χ2v) is 12.7. The summed E-state index contributed by atoms with van der Waals surface area (Å²) in [5.41, 5.74) is 1.04. The number of anilines is 2. The van der Waals surface area contributed by atoms with Crippen LogP contribution in [-0.2, 0) is 19.1 Å². The second kappa shape index (κ2) is 9.19. The molecule has 0 amide bonds. The smallest absolute Gasteiger partial charge is 0.186 e. The van der Waals surface area contributed by atoms with Crippen molar-refractivity contribution >= 4 is 22.9 Å². The van der Waals surface area contributed by atoms with E-state index in [4.69, 9.17) is 15.2 Å². The first-order valence-corrected chi connectivity index (χ1v) is 14.3. The van der Waals surface area contributed by atoms with Crippen molar-refractivity contribution in [1.82, 2.24) is 0 Å². The zero-order valence-electron chi connectivity index (χ0n) is 23.2. The number of aliphatic hydroxyl groups excluding tert-OH is 1. The first-order valence-electron chi connectivity index (χ1n) is 14.3. The quantitative estimate of drug-likeness (QED) is 0.444. The SMILES string of the molecule is CCC[C@H]1O[C@@H]2C[C@H]3[C@@H]4C[C@H](F)C5=CC(=O)C=C[C@]5(C)[C@@]4(F)[C@@H](O)C[C@]3(C)[C@]2(C(=O)CNc2ccc(N)cc2)O1. The lowest BCUT2D eigenvalue weighted by Gasteiger charge is -2.63. The van der Waals surface area contributed by atoms with Gasteiger partial charge in [0.1, 0.15) is 6.17 Å². The zero-order valence-corrected chi connectivity index (χ0v) is 23.2. The lowest BCUT2D eigenvalue weighted by Crippen LogP contribution is -2.71. The predicted octanol–water partition coefficient (Wildman–Crippen LogP) is 4.46. The van der Waals surface area contributed by atoms with Crippen LogP contribution in [0, 0.1) is 22.7 Å². The van der Waals surface area contributed by atoms with Crippen molar-refractivity contribution in [3.8, 4) is 0 Å². The molecule has 0 unspecified atom stereocenters. The van der Waals surface area contributed by atoms with Crippen molar-refractivity contribution in [2.45, 2.75) is 88.8 Å². The molecule has 10 atom stereocenters. The molecule has 0 aromatic heterocycles. The van der Waals surface area contributed by atoms with E-state index in [9.17, 15) is 14.7 Å². The number of alkyl halides is 2. The Balaban J connectivity index is 1.39. The van der Waals surface area contributed by atoms with Crippen LogP contribution in [0.15, 0.2) is 48.1 Å². The lowest BCUT2D eigenvalue weighted by molar-refractivity contribution is -0.233. The van der Waals surface area contributed by atoms with Crippen molar-refractivity contribution in [2.75, 3.05) is 17.6 Å². The van der Waals surface area contributed by atoms with E-state index in [-0.39, 0.29) is 36.5 Å². The van der Waals surface area contributed by atoms with Crippen molar-refractivity contribution in [3.63, 3.8) is 0 Å². The number of fused-ring (bicyclic) bond motifs is 7. The molecule has 9 heteroatoms. The summed E-state index contributed by atoms with van der Waals surface area (Å²) in [4.78, 5) is 26.3. The van der Waals surface area contributed by atoms with Crippen LogP contribution in [0.3, 0.4) is 0 Å². The number of rotatable bonds is 6. The third kappa shape index (κ3) is 3.50. The number of halogens is 2. The summed E-state index contributed by atoms with van der Waals surface area (Å²) in [6.45, 7) is 5.39. The van der Waals surface area contributed by atoms with Gasteiger partial charge in [-0.2, -0.15) is 0 Å². The minimum Gasteiger partial charge on any atom is -0.399 e. The molecular weight excluding hydrogens is 518 g/mol. The van der Waals surface area contributed by atoms with Gasteiger partial charge in [-0.05, 0) is 80.5 Å². The van der Waals surface area contributed by atoms with E-state index in [1.165, 1.54) is 18.2 Å². The molecule has 0 spiro atoms. The number of hydrogen-bond donors (Lipinski definition) is 3. The highest BCUT2D eigenvalue weighted by molar-refractivity contribution is 6.01. The van der Waals surface area contributed by atoms with E-state index in [1.54, 1.807) is 31.2 Å². The van der Waals surface area contributed by atoms with Crippen LogP contribution in [0.1, 0.15) is 52.9 Å². The average molecular weight is 557 g/mol. The van der Waals surface area contributed by atoms with Gasteiger partial charge in [-0.1, -0.05) is 26.3 Å². The number of Topliss-reactive ketones (excluding diaryl/α,β-unsaturated/α-hetero) is 1. The topological polar surface area (TPSA) is 111 Å². The molecule has 1 saturated heterocycles. The van der Waals surface area contributed by atoms with Gasteiger partial charge >= 0.3 is 0 Å². The van der Waals surface area contributed by atoms with Crippen molar-refractivity contribution < 1.29 is 33.0 Å². The van der Waals surface area contributed by atoms with E-state index in [2.05, 4.69) is 5.32 Å². The molecule has 5 aliphatic rings. The van der Waals surface area contributed by atoms with E-state index in [0.29, 0.717) is 24.2 Å². The summed E-state index contributed by atoms with van der Waals surface area (Å²) >= 11 is 0. The zero-order chi connectivity index (χ0) is 28.7. The number of carbonyl (C=O) groups excluding carboxylic acids is 2. The Morgan fingerprint density at radius 3 is 2.62 bits per heavy atom. The number of ketones is 2. The third-order valence-electron chi connectivity index (χ3n) is 10.7. The number of benzene rings is 1. The number of nitrogens with two attached hydrogens (primary N) is 1. The summed E-state index contributed by atoms with van der Waals surface area (Å²) < 4.78 is 46.2. The van der Waals surface area contributed by atoms with Crippen LogP contribution >= 0.6 is 0 Å². The number of carbonyl (C=O) groups is 2. The van der Waals surface area contributed by atoms with Gasteiger partial charge in [0.25, 0.3) is 0 Å². The van der Waals surface area contributed by atoms with Crippen molar-refractivity contribution in [1.29, 1.82) is 0 Å². The first kappa shape index (κ1) is 27.5. The first-order chi connectivity index (χ1) is 18.9. The molecule has 1 aliphatic heterocycles. The largest absolute Gasteiger partial charge is 0.399 e. The van der Waals surface area contributed by atoms with Gasteiger partial charge in [-0.3, -0.25) is 9.59 Å². The summed E-state index contributed by atoms with van der Waals surface area (Å²) in [6.07, 6.45) is 1.01. The fourth-order valence-corrected chi connectivity index (χ4v) is 8.80. The molecule has 7 nitrogen and oxygen atoms in total. The van der Waals surface area contributed by atoms with E-state index in [1.807, 2.05) is 13.8 Å². The van der Waals surface area contributed by atoms with Gasteiger partial charge in [0.2, 0.25) is 0 Å². The van der Waals surface area contributed by atoms with Gasteiger partial charge in [0.15, 0.2) is 29.1 Å². The summed E-state index contributed by atoms with van der Waals surface area (Å²) in [7, 11) is 0. The highest BCUT2D eigenvalue weighted by Crippen LogP contribution is 2.72. The Labute approximate surface area is 233 Å². The van der Waals surface area contributed by atoms with Crippen LogP contribution in [0.2, 0.25) is 0 Å². The molecule has 4 fully saturated rings. The Bertz CT molecular complexity index is 1280. The Morgan fingerprint density at radius 1 is 1.20 bits per heavy atom. The lowest BCUT2D eigenvalue weighted by atomic mass is 9.44. The number of nitrogens with one attached hydrogen (secondary N) is 1. The van der Waals surface area contributed by atoms with Crippen LogP contribution in [0.25, 0.3) is 0 Å². The van der Waals surface area contributed by atoms with Gasteiger partial charge in [-0.25, -0.2) is 8.78 Å². The normalized spacial score (nSPS) is 45.2. The summed E-state index contributed by atoms with van der Waals surface area (Å²) in [5, 5.41) is 14.8. The molecule has 0 radical (unpaired) electrons. The number of allylic oxidation sites excluding steroid dienone is 4. The van der Waals surface area contributed by atoms with Gasteiger partial charge in [0, 0.05) is 28.1 Å². The maximum Gasteiger partial charge on any atom is 0.186 e. The second-order valence-electron chi connectivity index (χ2n) is 12.7. The summed E-state index contributed by atoms with van der Waals surface area (Å²) in [6, 6.07) is 7.03. The molecule has 1 aromatic carbocycles. The molecule has 0 bridgehead atoms. The number of aliphatic hydroxyl groups is 1. The predicted molar refractivity (Wildman–Crippen MR) is 146 cm³/mol. The number of hydrogen-bond acceptors (Lipinski definition) is 7. The standard InChI is InChI=1S/C31H38F2N2O5/c1-4-5-27-39-26-14-20-21-13-23(32)22-12-19(36)10-11-28(22,2)30(21,33)24(37)15-29(20,3)31(26,40-27)25(38)16-35-18-8-6-17(34)7-9-18/h6-12,20-21,23-24,26-27,35,37H,4-5,13-16,34H2,1-3H3/t20-,21-,23-,24-,26+,27-,28-,29-,30-,31+/m0/s1. The monoisotopic (exact) mass is 556 g/mol. The highest BCUT2D eigenvalue weighted by atomic mass is 19.1. The fraction of sp³-hybridized carbons (Fsp3) is 0.613. The van der Waals surface area contributed by atoms with Gasteiger partial charge in [-0.15, -0.1) is 0 Å². The molecular formula is C31H38F2N2O5. The molecule has 3 saturated carbocycles. The van der Waals surface area contributed by atoms with Crippen molar-refractivity contribution in [2.24, 2.45) is 22.7 Å². The summed E-state index contributed by atoms with van der Waals surface area (Å²) in [5.74, 6) is -2.02. The number of ether oxygens (including phenoxy) is 2. The Kier molecular flexibility index (Phi) is 6.33. The molecule has 216 valence electrons. The number of nitrogen functional groups attached to an aromatic ring is 1. The van der Waals surface area contributed by atoms with Crippen LogP contribution < -0.4 is 11.1 Å². The molecule has 6 rings (SSSR count). The maximum atomic E-state index is 17.5. The van der Waals surface area contributed by atoms with Gasteiger partial charge in [0.05, 0.1) is 18.8 Å². The Morgan fingerprint density at radius 2 is 1.93 bits per heavy atom. The fourth-order valence-electron chi connectivity index (χ4n) is 8.80. The van der Waals surface area contributed by atoms with Crippen LogP contribution in [0.4, 0.5) is 20.2 Å². The van der Waals surface area contributed by atoms with E-state index in [0.717, 1.165) is 6.42 Å². The Hall–Kier alpha value is -2.62. The highest BCUT2D eigenvalue weighted by Gasteiger charge is 2.79. The minimum atomic E-state index is -2.23. The van der Waals surface area contributed by atoms with Crippen molar-refractivity contribution in [3.05, 3.63) is 48.1 Å². The molecule has 4 N–H and O–H groups in total. The minimum absolute atomic E-state index is 0.0570.